The van der Waals surface area contributed by atoms with Crippen molar-refractivity contribution in [3.05, 3.63) is 29.8 Å². The molecule has 0 bridgehead atoms. The van der Waals surface area contributed by atoms with Crippen molar-refractivity contribution in [1.29, 1.82) is 0 Å². The molecule has 0 aliphatic carbocycles. The molecule has 0 amide bonds. The lowest BCUT2D eigenvalue weighted by molar-refractivity contribution is -0.105. The molecule has 1 saturated heterocycles. The maximum Gasteiger partial charge on any atom is 0.199 e. The standard InChI is InChI=1S/C13H14O2/c1-2-11-6-5-7-12(10-11)15-13-8-3-4-9-14-13/h1,5-7,10,13H,3-4,8-9H2. The summed E-state index contributed by atoms with van der Waals surface area (Å²) < 4.78 is 11.2. The minimum Gasteiger partial charge on any atom is -0.465 e. The maximum atomic E-state index is 5.68. The lowest BCUT2D eigenvalue weighted by Crippen LogP contribution is -2.24. The third-order valence-electron chi connectivity index (χ3n) is 2.41. The fourth-order valence-electron chi connectivity index (χ4n) is 1.62. The predicted molar refractivity (Wildman–Crippen MR) is 58.6 cm³/mol. The van der Waals surface area contributed by atoms with Gasteiger partial charge in [-0.05, 0) is 31.0 Å². The topological polar surface area (TPSA) is 18.5 Å². The molecule has 1 fully saturated rings. The maximum absolute atomic E-state index is 5.68. The summed E-state index contributed by atoms with van der Waals surface area (Å²) >= 11 is 0. The highest BCUT2D eigenvalue weighted by Crippen LogP contribution is 2.19. The van der Waals surface area contributed by atoms with Gasteiger partial charge in [-0.15, -0.1) is 6.42 Å². The van der Waals surface area contributed by atoms with Gasteiger partial charge in [-0.3, -0.25) is 0 Å². The monoisotopic (exact) mass is 202 g/mol. The van der Waals surface area contributed by atoms with Crippen LogP contribution in [0.4, 0.5) is 0 Å². The van der Waals surface area contributed by atoms with Crippen LogP contribution in [0.25, 0.3) is 0 Å². The van der Waals surface area contributed by atoms with Crippen molar-refractivity contribution < 1.29 is 9.47 Å². The number of rotatable bonds is 2. The minimum absolute atomic E-state index is 0.105. The van der Waals surface area contributed by atoms with Crippen LogP contribution in [-0.2, 0) is 4.74 Å². The highest BCUT2D eigenvalue weighted by atomic mass is 16.7. The number of hydrogen-bond acceptors (Lipinski definition) is 2. The van der Waals surface area contributed by atoms with E-state index in [1.807, 2.05) is 24.3 Å². The van der Waals surface area contributed by atoms with E-state index in [9.17, 15) is 0 Å². The van der Waals surface area contributed by atoms with Crippen molar-refractivity contribution in [2.75, 3.05) is 6.61 Å². The molecule has 0 N–H and O–H groups in total. The van der Waals surface area contributed by atoms with Gasteiger partial charge in [-0.2, -0.15) is 0 Å². The summed E-state index contributed by atoms with van der Waals surface area (Å²) in [6.07, 6.45) is 8.46. The highest BCUT2D eigenvalue weighted by Gasteiger charge is 2.14. The Morgan fingerprint density at radius 1 is 1.40 bits per heavy atom. The summed E-state index contributed by atoms with van der Waals surface area (Å²) in [7, 11) is 0. The first-order chi connectivity index (χ1) is 7.38. The van der Waals surface area contributed by atoms with Gasteiger partial charge in [0.1, 0.15) is 5.75 Å². The summed E-state index contributed by atoms with van der Waals surface area (Å²) in [5, 5.41) is 0. The largest absolute Gasteiger partial charge is 0.465 e. The van der Waals surface area contributed by atoms with E-state index >= 15 is 0 Å². The van der Waals surface area contributed by atoms with Gasteiger partial charge in [-0.1, -0.05) is 12.0 Å². The molecule has 1 aliphatic rings. The van der Waals surface area contributed by atoms with E-state index < -0.39 is 0 Å². The van der Waals surface area contributed by atoms with E-state index in [-0.39, 0.29) is 6.29 Å². The van der Waals surface area contributed by atoms with E-state index in [0.717, 1.165) is 30.8 Å². The molecule has 1 heterocycles. The van der Waals surface area contributed by atoms with E-state index in [1.165, 1.54) is 6.42 Å². The molecule has 0 saturated carbocycles. The lowest BCUT2D eigenvalue weighted by atomic mass is 10.2. The Labute approximate surface area is 90.2 Å². The van der Waals surface area contributed by atoms with Crippen molar-refractivity contribution in [2.24, 2.45) is 0 Å². The SMILES string of the molecule is C#Cc1cccc(OC2CCCCO2)c1. The molecule has 1 aromatic rings. The summed E-state index contributed by atoms with van der Waals surface area (Å²) in [6.45, 7) is 0.791. The molecule has 0 radical (unpaired) electrons. The zero-order chi connectivity index (χ0) is 10.5. The van der Waals surface area contributed by atoms with Crippen molar-refractivity contribution >= 4 is 0 Å². The molecule has 1 unspecified atom stereocenters. The third kappa shape index (κ3) is 2.74. The van der Waals surface area contributed by atoms with Gasteiger partial charge in [0.15, 0.2) is 6.29 Å². The summed E-state index contributed by atoms with van der Waals surface area (Å²) in [6, 6.07) is 7.54. The zero-order valence-electron chi connectivity index (χ0n) is 8.61. The van der Waals surface area contributed by atoms with Crippen LogP contribution in [0.15, 0.2) is 24.3 Å². The van der Waals surface area contributed by atoms with Crippen LogP contribution in [0.1, 0.15) is 24.8 Å². The molecule has 1 aliphatic heterocycles. The Balaban J connectivity index is 2.00. The highest BCUT2D eigenvalue weighted by molar-refractivity contribution is 5.38. The van der Waals surface area contributed by atoms with Crippen LogP contribution in [0.5, 0.6) is 5.75 Å². The predicted octanol–water partition coefficient (Wildman–Crippen LogP) is 2.57. The molecule has 15 heavy (non-hydrogen) atoms. The fraction of sp³-hybridized carbons (Fsp3) is 0.385. The number of terminal acetylenes is 1. The Kier molecular flexibility index (Phi) is 3.26. The molecule has 1 aromatic carbocycles. The van der Waals surface area contributed by atoms with Gasteiger partial charge in [0.25, 0.3) is 0 Å². The van der Waals surface area contributed by atoms with Gasteiger partial charge in [0.05, 0.1) is 6.61 Å². The Morgan fingerprint density at radius 3 is 3.07 bits per heavy atom. The van der Waals surface area contributed by atoms with Crippen LogP contribution in [0.3, 0.4) is 0 Å². The fourth-order valence-corrected chi connectivity index (χ4v) is 1.62. The van der Waals surface area contributed by atoms with Crippen LogP contribution in [0, 0.1) is 12.3 Å². The summed E-state index contributed by atoms with van der Waals surface area (Å²) in [5.74, 6) is 3.37. The lowest BCUT2D eigenvalue weighted by Gasteiger charge is -2.23. The van der Waals surface area contributed by atoms with Crippen molar-refractivity contribution in [2.45, 2.75) is 25.6 Å². The average Bonchev–Trinajstić information content (AvgIpc) is 2.31. The first-order valence-corrected chi connectivity index (χ1v) is 5.23. The van der Waals surface area contributed by atoms with Gasteiger partial charge in [-0.25, -0.2) is 0 Å². The van der Waals surface area contributed by atoms with Crippen LogP contribution in [0.2, 0.25) is 0 Å². The Bertz CT molecular complexity index is 359. The second-order valence-electron chi connectivity index (χ2n) is 3.59. The molecular formula is C13H14O2. The number of hydrogen-bond donors (Lipinski definition) is 0. The van der Waals surface area contributed by atoms with Gasteiger partial charge in [0.2, 0.25) is 0 Å². The molecule has 2 rings (SSSR count). The molecule has 2 heteroatoms. The van der Waals surface area contributed by atoms with E-state index in [1.54, 1.807) is 0 Å². The normalized spacial score (nSPS) is 20.6. The molecule has 78 valence electrons. The molecule has 0 aromatic heterocycles. The zero-order valence-corrected chi connectivity index (χ0v) is 8.61. The van der Waals surface area contributed by atoms with Gasteiger partial charge >= 0.3 is 0 Å². The van der Waals surface area contributed by atoms with Crippen LogP contribution < -0.4 is 4.74 Å². The quantitative estimate of drug-likeness (QED) is 0.686. The molecule has 2 nitrogen and oxygen atoms in total. The summed E-state index contributed by atoms with van der Waals surface area (Å²) in [5.41, 5.74) is 0.836. The summed E-state index contributed by atoms with van der Waals surface area (Å²) in [4.78, 5) is 0. The molecular weight excluding hydrogens is 188 g/mol. The van der Waals surface area contributed by atoms with E-state index in [0.29, 0.717) is 0 Å². The van der Waals surface area contributed by atoms with Crippen molar-refractivity contribution in [3.63, 3.8) is 0 Å². The first kappa shape index (κ1) is 10.1. The van der Waals surface area contributed by atoms with Crippen molar-refractivity contribution in [1.82, 2.24) is 0 Å². The minimum atomic E-state index is -0.105. The second-order valence-corrected chi connectivity index (χ2v) is 3.59. The molecule has 1 atom stereocenters. The van der Waals surface area contributed by atoms with Crippen LogP contribution in [-0.4, -0.2) is 12.9 Å². The smallest absolute Gasteiger partial charge is 0.199 e. The van der Waals surface area contributed by atoms with E-state index in [4.69, 9.17) is 15.9 Å². The third-order valence-corrected chi connectivity index (χ3v) is 2.41. The number of benzene rings is 1. The Morgan fingerprint density at radius 2 is 2.33 bits per heavy atom. The Hall–Kier alpha value is -1.46. The molecule has 0 spiro atoms. The average molecular weight is 202 g/mol. The second kappa shape index (κ2) is 4.86. The van der Waals surface area contributed by atoms with Gasteiger partial charge in [0, 0.05) is 12.0 Å². The first-order valence-electron chi connectivity index (χ1n) is 5.23. The van der Waals surface area contributed by atoms with E-state index in [2.05, 4.69) is 5.92 Å². The number of ether oxygens (including phenoxy) is 2. The van der Waals surface area contributed by atoms with Gasteiger partial charge < -0.3 is 9.47 Å². The van der Waals surface area contributed by atoms with Crippen LogP contribution >= 0.6 is 0 Å². The van der Waals surface area contributed by atoms with Crippen molar-refractivity contribution in [3.8, 4) is 18.1 Å².